The van der Waals surface area contributed by atoms with Crippen LogP contribution in [0.1, 0.15) is 34.6 Å². The van der Waals surface area contributed by atoms with E-state index in [0.717, 1.165) is 30.7 Å². The minimum absolute atomic E-state index is 0.248. The van der Waals surface area contributed by atoms with E-state index in [1.807, 2.05) is 4.57 Å². The number of aromatic nitrogens is 3. The molecular formula is C13H13N3O2. The van der Waals surface area contributed by atoms with Gasteiger partial charge in [-0.15, -0.1) is 0 Å². The lowest BCUT2D eigenvalue weighted by molar-refractivity contribution is 0.0696. The standard InChI is InChI=1S/C13H13N3O2/c17-13(18)9-5-6-14-12(7-9)16-8-15-10-3-1-2-4-11(10)16/h5-8H,1-4H2,(H,17,18). The van der Waals surface area contributed by atoms with Crippen molar-refractivity contribution in [3.8, 4) is 5.82 Å². The van der Waals surface area contributed by atoms with Crippen molar-refractivity contribution in [2.75, 3.05) is 0 Å². The predicted molar refractivity (Wildman–Crippen MR) is 65.0 cm³/mol. The molecule has 0 atom stereocenters. The number of aryl methyl sites for hydroxylation is 1. The molecule has 18 heavy (non-hydrogen) atoms. The molecule has 1 aliphatic carbocycles. The van der Waals surface area contributed by atoms with Gasteiger partial charge in [0.05, 0.1) is 11.3 Å². The minimum atomic E-state index is -0.937. The van der Waals surface area contributed by atoms with Crippen LogP contribution in [0.15, 0.2) is 24.7 Å². The van der Waals surface area contributed by atoms with E-state index in [-0.39, 0.29) is 5.56 Å². The van der Waals surface area contributed by atoms with Crippen molar-refractivity contribution in [3.05, 3.63) is 41.6 Å². The van der Waals surface area contributed by atoms with E-state index >= 15 is 0 Å². The van der Waals surface area contributed by atoms with Crippen LogP contribution in [0, 0.1) is 0 Å². The molecule has 0 saturated carbocycles. The number of carboxylic acid groups (broad SMARTS) is 1. The normalized spacial score (nSPS) is 14.2. The molecule has 5 heteroatoms. The summed E-state index contributed by atoms with van der Waals surface area (Å²) in [7, 11) is 0. The number of fused-ring (bicyclic) bond motifs is 1. The highest BCUT2D eigenvalue weighted by Gasteiger charge is 2.17. The molecule has 3 rings (SSSR count). The van der Waals surface area contributed by atoms with E-state index in [1.54, 1.807) is 12.4 Å². The molecule has 2 heterocycles. The molecule has 0 radical (unpaired) electrons. The minimum Gasteiger partial charge on any atom is -0.478 e. The van der Waals surface area contributed by atoms with Gasteiger partial charge in [0.2, 0.25) is 0 Å². The zero-order valence-electron chi connectivity index (χ0n) is 9.83. The van der Waals surface area contributed by atoms with Crippen molar-refractivity contribution in [1.82, 2.24) is 14.5 Å². The van der Waals surface area contributed by atoms with E-state index < -0.39 is 5.97 Å². The number of carbonyl (C=O) groups is 1. The number of nitrogens with zero attached hydrogens (tertiary/aromatic N) is 3. The molecule has 0 aliphatic heterocycles. The first-order valence-electron chi connectivity index (χ1n) is 6.00. The van der Waals surface area contributed by atoms with E-state index in [2.05, 4.69) is 9.97 Å². The average molecular weight is 243 g/mol. The monoisotopic (exact) mass is 243 g/mol. The van der Waals surface area contributed by atoms with Gasteiger partial charge in [-0.25, -0.2) is 14.8 Å². The molecule has 0 aromatic carbocycles. The SMILES string of the molecule is O=C(O)c1ccnc(-n2cnc3c2CCCC3)c1. The Balaban J connectivity index is 2.07. The van der Waals surface area contributed by atoms with E-state index in [0.29, 0.717) is 5.82 Å². The molecule has 0 amide bonds. The molecule has 1 N–H and O–H groups in total. The molecule has 0 spiro atoms. The van der Waals surface area contributed by atoms with E-state index in [4.69, 9.17) is 5.11 Å². The third kappa shape index (κ3) is 1.77. The summed E-state index contributed by atoms with van der Waals surface area (Å²) in [6.07, 6.45) is 7.57. The van der Waals surface area contributed by atoms with Gasteiger partial charge in [0.1, 0.15) is 12.1 Å². The molecule has 2 aromatic heterocycles. The Morgan fingerprint density at radius 1 is 1.28 bits per heavy atom. The van der Waals surface area contributed by atoms with Crippen molar-refractivity contribution >= 4 is 5.97 Å². The van der Waals surface area contributed by atoms with Gasteiger partial charge >= 0.3 is 5.97 Å². The predicted octanol–water partition coefficient (Wildman–Crippen LogP) is 1.84. The van der Waals surface area contributed by atoms with Gasteiger partial charge in [-0.2, -0.15) is 0 Å². The van der Waals surface area contributed by atoms with Crippen LogP contribution >= 0.6 is 0 Å². The summed E-state index contributed by atoms with van der Waals surface area (Å²) in [4.78, 5) is 19.6. The van der Waals surface area contributed by atoms with Crippen LogP contribution < -0.4 is 0 Å². The van der Waals surface area contributed by atoms with Gasteiger partial charge in [0, 0.05) is 11.9 Å². The first kappa shape index (κ1) is 11.0. The molecule has 0 fully saturated rings. The van der Waals surface area contributed by atoms with Crippen molar-refractivity contribution in [2.45, 2.75) is 25.7 Å². The Labute approximate surface area is 104 Å². The largest absolute Gasteiger partial charge is 0.478 e. The van der Waals surface area contributed by atoms with Crippen LogP contribution in [0.4, 0.5) is 0 Å². The fourth-order valence-electron chi connectivity index (χ4n) is 2.35. The molecule has 0 bridgehead atoms. The first-order valence-corrected chi connectivity index (χ1v) is 6.00. The quantitative estimate of drug-likeness (QED) is 0.873. The van der Waals surface area contributed by atoms with Gasteiger partial charge < -0.3 is 5.11 Å². The Kier molecular flexibility index (Phi) is 2.59. The van der Waals surface area contributed by atoms with Gasteiger partial charge in [-0.05, 0) is 37.8 Å². The lowest BCUT2D eigenvalue weighted by Crippen LogP contribution is -2.08. The Hall–Kier alpha value is -2.17. The summed E-state index contributed by atoms with van der Waals surface area (Å²) in [5.74, 6) is -0.307. The maximum Gasteiger partial charge on any atom is 0.335 e. The van der Waals surface area contributed by atoms with Crippen LogP contribution in [-0.4, -0.2) is 25.6 Å². The summed E-state index contributed by atoms with van der Waals surface area (Å²) >= 11 is 0. The van der Waals surface area contributed by atoms with Gasteiger partial charge in [-0.3, -0.25) is 4.57 Å². The van der Waals surface area contributed by atoms with Crippen molar-refractivity contribution in [3.63, 3.8) is 0 Å². The lowest BCUT2D eigenvalue weighted by atomic mass is 10.0. The number of aromatic carboxylic acids is 1. The van der Waals surface area contributed by atoms with Crippen LogP contribution in [0.3, 0.4) is 0 Å². The van der Waals surface area contributed by atoms with Crippen LogP contribution in [-0.2, 0) is 12.8 Å². The number of carboxylic acids is 1. The summed E-state index contributed by atoms with van der Waals surface area (Å²) in [5.41, 5.74) is 2.53. The first-order chi connectivity index (χ1) is 8.75. The molecule has 2 aromatic rings. The van der Waals surface area contributed by atoms with E-state index in [1.165, 1.54) is 18.7 Å². The van der Waals surface area contributed by atoms with Crippen molar-refractivity contribution in [2.24, 2.45) is 0 Å². The summed E-state index contributed by atoms with van der Waals surface area (Å²) in [6, 6.07) is 3.08. The Bertz CT molecular complexity index is 604. The molecule has 0 saturated heterocycles. The van der Waals surface area contributed by atoms with Crippen LogP contribution in [0.2, 0.25) is 0 Å². The second-order valence-corrected chi connectivity index (χ2v) is 4.42. The number of rotatable bonds is 2. The molecular weight excluding hydrogens is 230 g/mol. The summed E-state index contributed by atoms with van der Waals surface area (Å²) < 4.78 is 1.90. The highest BCUT2D eigenvalue weighted by molar-refractivity contribution is 5.87. The van der Waals surface area contributed by atoms with Crippen molar-refractivity contribution < 1.29 is 9.90 Å². The highest BCUT2D eigenvalue weighted by Crippen LogP contribution is 2.22. The Morgan fingerprint density at radius 3 is 2.94 bits per heavy atom. The number of hydrogen-bond donors (Lipinski definition) is 1. The topological polar surface area (TPSA) is 68.0 Å². The Morgan fingerprint density at radius 2 is 2.11 bits per heavy atom. The van der Waals surface area contributed by atoms with Crippen LogP contribution in [0.5, 0.6) is 0 Å². The maximum absolute atomic E-state index is 11.0. The van der Waals surface area contributed by atoms with Gasteiger partial charge in [0.25, 0.3) is 0 Å². The third-order valence-corrected chi connectivity index (χ3v) is 3.27. The summed E-state index contributed by atoms with van der Waals surface area (Å²) in [5, 5.41) is 8.99. The summed E-state index contributed by atoms with van der Waals surface area (Å²) in [6.45, 7) is 0. The fourth-order valence-corrected chi connectivity index (χ4v) is 2.35. The van der Waals surface area contributed by atoms with Crippen LogP contribution in [0.25, 0.3) is 5.82 Å². The van der Waals surface area contributed by atoms with Gasteiger partial charge in [-0.1, -0.05) is 0 Å². The fraction of sp³-hybridized carbons (Fsp3) is 0.308. The number of pyridine rings is 1. The number of imidazole rings is 1. The molecule has 0 unspecified atom stereocenters. The maximum atomic E-state index is 11.0. The second kappa shape index (κ2) is 4.25. The second-order valence-electron chi connectivity index (χ2n) is 4.42. The zero-order chi connectivity index (χ0) is 12.5. The van der Waals surface area contributed by atoms with E-state index in [9.17, 15) is 4.79 Å². The number of hydrogen-bond acceptors (Lipinski definition) is 3. The smallest absolute Gasteiger partial charge is 0.335 e. The lowest BCUT2D eigenvalue weighted by Gasteiger charge is -2.13. The van der Waals surface area contributed by atoms with Gasteiger partial charge in [0.15, 0.2) is 0 Å². The third-order valence-electron chi connectivity index (χ3n) is 3.27. The highest BCUT2D eigenvalue weighted by atomic mass is 16.4. The van der Waals surface area contributed by atoms with Crippen molar-refractivity contribution in [1.29, 1.82) is 0 Å². The zero-order valence-corrected chi connectivity index (χ0v) is 9.83. The molecule has 5 nitrogen and oxygen atoms in total. The molecule has 1 aliphatic rings. The molecule has 92 valence electrons. The average Bonchev–Trinajstić information content (AvgIpc) is 2.82.